The first-order valence-electron chi connectivity index (χ1n) is 6.13. The van der Waals surface area contributed by atoms with Gasteiger partial charge in [0, 0.05) is 12.8 Å². The third kappa shape index (κ3) is 4.10. The van der Waals surface area contributed by atoms with Crippen LogP contribution in [-0.4, -0.2) is 43.7 Å². The molecule has 1 aromatic heterocycles. The highest BCUT2D eigenvalue weighted by molar-refractivity contribution is 7.99. The maximum atomic E-state index is 11.3. The molecule has 0 aliphatic heterocycles. The number of hydrogen-bond donors (Lipinski definition) is 3. The zero-order valence-electron chi connectivity index (χ0n) is 11.4. The molecule has 1 heterocycles. The Kier molecular flexibility index (Phi) is 5.61. The Morgan fingerprint density at radius 3 is 2.79 bits per heavy atom. The maximum absolute atomic E-state index is 11.3. The summed E-state index contributed by atoms with van der Waals surface area (Å²) in [6.45, 7) is 4.33. The van der Waals surface area contributed by atoms with Gasteiger partial charge in [0.2, 0.25) is 0 Å². The van der Waals surface area contributed by atoms with Gasteiger partial charge in [-0.15, -0.1) is 5.10 Å². The number of rotatable bonds is 8. The molecular formula is C11H20N4O3S. The van der Waals surface area contributed by atoms with Crippen molar-refractivity contribution in [1.82, 2.24) is 20.1 Å². The molecule has 1 unspecified atom stereocenters. The van der Waals surface area contributed by atoms with Crippen LogP contribution in [0.4, 0.5) is 0 Å². The van der Waals surface area contributed by atoms with Crippen molar-refractivity contribution in [1.29, 1.82) is 0 Å². The van der Waals surface area contributed by atoms with E-state index in [1.165, 1.54) is 16.3 Å². The second-order valence-electron chi connectivity index (χ2n) is 4.53. The summed E-state index contributed by atoms with van der Waals surface area (Å²) in [5.74, 6) is -0.296. The second kappa shape index (κ2) is 6.76. The lowest BCUT2D eigenvalue weighted by Crippen LogP contribution is -2.50. The van der Waals surface area contributed by atoms with E-state index < -0.39 is 11.5 Å². The Bertz CT molecular complexity index is 485. The number of aromatic nitrogens is 3. The van der Waals surface area contributed by atoms with Crippen LogP contribution in [0.5, 0.6) is 0 Å². The van der Waals surface area contributed by atoms with Gasteiger partial charge in [0.15, 0.2) is 5.16 Å². The molecule has 0 saturated heterocycles. The number of H-pyrrole nitrogens is 1. The standard InChI is InChI=1S/C11H20N4O3S/c1-4-6-12-11(2,8(16)17)5-7-19-10-14-13-9(18)15(10)3/h12H,4-7H2,1-3H3,(H,13,18)(H,16,17). The van der Waals surface area contributed by atoms with Crippen molar-refractivity contribution in [3.05, 3.63) is 10.5 Å². The highest BCUT2D eigenvalue weighted by Gasteiger charge is 2.31. The molecule has 0 saturated carbocycles. The van der Waals surface area contributed by atoms with E-state index in [9.17, 15) is 14.7 Å². The van der Waals surface area contributed by atoms with Crippen LogP contribution in [0.3, 0.4) is 0 Å². The quantitative estimate of drug-likeness (QED) is 0.600. The predicted octanol–water partition coefficient (Wildman–Crippen LogP) is 0.433. The summed E-state index contributed by atoms with van der Waals surface area (Å²) in [7, 11) is 1.62. The first-order valence-corrected chi connectivity index (χ1v) is 7.12. The summed E-state index contributed by atoms with van der Waals surface area (Å²) in [5.41, 5.74) is -1.22. The molecule has 1 atom stereocenters. The van der Waals surface area contributed by atoms with Crippen LogP contribution in [0, 0.1) is 0 Å². The van der Waals surface area contributed by atoms with Gasteiger partial charge in [-0.2, -0.15) is 0 Å². The summed E-state index contributed by atoms with van der Waals surface area (Å²) in [6.07, 6.45) is 1.33. The van der Waals surface area contributed by atoms with Crippen LogP contribution in [0.1, 0.15) is 26.7 Å². The summed E-state index contributed by atoms with van der Waals surface area (Å²) < 4.78 is 1.41. The molecule has 1 rings (SSSR count). The van der Waals surface area contributed by atoms with Crippen LogP contribution >= 0.6 is 11.8 Å². The van der Waals surface area contributed by atoms with E-state index >= 15 is 0 Å². The minimum Gasteiger partial charge on any atom is -0.480 e. The fraction of sp³-hybridized carbons (Fsp3) is 0.727. The Hall–Kier alpha value is -1.28. The minimum atomic E-state index is -0.946. The number of thioether (sulfide) groups is 1. The van der Waals surface area contributed by atoms with Crippen LogP contribution in [0.2, 0.25) is 0 Å². The van der Waals surface area contributed by atoms with Crippen molar-refractivity contribution in [2.75, 3.05) is 12.3 Å². The van der Waals surface area contributed by atoms with Gasteiger partial charge in [-0.3, -0.25) is 9.36 Å². The van der Waals surface area contributed by atoms with E-state index in [1.807, 2.05) is 6.92 Å². The average molecular weight is 288 g/mol. The predicted molar refractivity (Wildman–Crippen MR) is 73.5 cm³/mol. The topological polar surface area (TPSA) is 100 Å². The summed E-state index contributed by atoms with van der Waals surface area (Å²) in [6, 6.07) is 0. The number of nitrogens with one attached hydrogen (secondary N) is 2. The molecule has 0 spiro atoms. The molecule has 0 radical (unpaired) electrons. The smallest absolute Gasteiger partial charge is 0.343 e. The molecule has 0 amide bonds. The van der Waals surface area contributed by atoms with Crippen LogP contribution in [-0.2, 0) is 11.8 Å². The van der Waals surface area contributed by atoms with E-state index in [0.29, 0.717) is 23.9 Å². The zero-order valence-corrected chi connectivity index (χ0v) is 12.2. The number of nitrogens with zero attached hydrogens (tertiary/aromatic N) is 2. The molecule has 3 N–H and O–H groups in total. The van der Waals surface area contributed by atoms with Gasteiger partial charge < -0.3 is 10.4 Å². The summed E-state index contributed by atoms with van der Waals surface area (Å²) in [5, 5.41) is 19.1. The third-order valence-corrected chi connectivity index (χ3v) is 3.94. The van der Waals surface area contributed by atoms with E-state index in [4.69, 9.17) is 0 Å². The monoisotopic (exact) mass is 288 g/mol. The first kappa shape index (κ1) is 15.8. The Balaban J connectivity index is 2.55. The van der Waals surface area contributed by atoms with Crippen molar-refractivity contribution in [2.24, 2.45) is 7.05 Å². The van der Waals surface area contributed by atoms with Crippen molar-refractivity contribution in [3.63, 3.8) is 0 Å². The molecule has 0 aromatic carbocycles. The van der Waals surface area contributed by atoms with Gasteiger partial charge in [0.1, 0.15) is 5.54 Å². The number of carboxylic acids is 1. The minimum absolute atomic E-state index is 0.271. The van der Waals surface area contributed by atoms with Crippen LogP contribution < -0.4 is 11.0 Å². The van der Waals surface area contributed by atoms with Gasteiger partial charge in [-0.05, 0) is 26.3 Å². The van der Waals surface area contributed by atoms with Crippen molar-refractivity contribution < 1.29 is 9.90 Å². The lowest BCUT2D eigenvalue weighted by Gasteiger charge is -2.25. The molecule has 8 heteroatoms. The Morgan fingerprint density at radius 2 is 2.32 bits per heavy atom. The largest absolute Gasteiger partial charge is 0.480 e. The molecule has 1 aromatic rings. The molecule has 0 aliphatic carbocycles. The molecule has 0 aliphatic rings. The van der Waals surface area contributed by atoms with Crippen molar-refractivity contribution >= 4 is 17.7 Å². The number of hydrogen-bond acceptors (Lipinski definition) is 5. The van der Waals surface area contributed by atoms with Crippen molar-refractivity contribution in [2.45, 2.75) is 37.4 Å². The maximum Gasteiger partial charge on any atom is 0.343 e. The van der Waals surface area contributed by atoms with E-state index in [2.05, 4.69) is 15.5 Å². The number of aromatic amines is 1. The first-order chi connectivity index (χ1) is 8.90. The SMILES string of the molecule is CCCNC(C)(CCSc1n[nH]c(=O)n1C)C(=O)O. The molecule has 7 nitrogen and oxygen atoms in total. The fourth-order valence-corrected chi connectivity index (χ4v) is 2.56. The fourth-order valence-electron chi connectivity index (χ4n) is 1.48. The number of carboxylic acid groups (broad SMARTS) is 1. The molecule has 108 valence electrons. The van der Waals surface area contributed by atoms with E-state index in [0.717, 1.165) is 6.42 Å². The molecule has 0 bridgehead atoms. The highest BCUT2D eigenvalue weighted by Crippen LogP contribution is 2.19. The van der Waals surface area contributed by atoms with Gasteiger partial charge >= 0.3 is 11.7 Å². The van der Waals surface area contributed by atoms with Gasteiger partial charge in [0.05, 0.1) is 0 Å². The number of aliphatic carboxylic acids is 1. The Labute approximate surface area is 115 Å². The lowest BCUT2D eigenvalue weighted by molar-refractivity contribution is -0.144. The summed E-state index contributed by atoms with van der Waals surface area (Å²) in [4.78, 5) is 22.5. The van der Waals surface area contributed by atoms with Gasteiger partial charge in [0.25, 0.3) is 0 Å². The number of carbonyl (C=O) groups is 1. The Morgan fingerprint density at radius 1 is 1.63 bits per heavy atom. The normalized spacial score (nSPS) is 14.3. The molecular weight excluding hydrogens is 268 g/mol. The molecule has 19 heavy (non-hydrogen) atoms. The lowest BCUT2D eigenvalue weighted by atomic mass is 9.99. The van der Waals surface area contributed by atoms with Crippen LogP contribution in [0.15, 0.2) is 9.95 Å². The average Bonchev–Trinajstić information content (AvgIpc) is 2.68. The van der Waals surface area contributed by atoms with Gasteiger partial charge in [-0.1, -0.05) is 18.7 Å². The zero-order chi connectivity index (χ0) is 14.5. The van der Waals surface area contributed by atoms with Crippen LogP contribution in [0.25, 0.3) is 0 Å². The van der Waals surface area contributed by atoms with Crippen molar-refractivity contribution in [3.8, 4) is 0 Å². The second-order valence-corrected chi connectivity index (χ2v) is 5.59. The van der Waals surface area contributed by atoms with Gasteiger partial charge in [-0.25, -0.2) is 9.89 Å². The van der Waals surface area contributed by atoms with E-state index in [1.54, 1.807) is 14.0 Å². The summed E-state index contributed by atoms with van der Waals surface area (Å²) >= 11 is 1.36. The molecule has 0 fully saturated rings. The highest BCUT2D eigenvalue weighted by atomic mass is 32.2. The third-order valence-electron chi connectivity index (χ3n) is 2.91. The van der Waals surface area contributed by atoms with E-state index in [-0.39, 0.29) is 5.69 Å².